The van der Waals surface area contributed by atoms with E-state index in [-0.39, 0.29) is 12.4 Å². The van der Waals surface area contributed by atoms with Gasteiger partial charge < -0.3 is 9.47 Å². The number of aromatic nitrogens is 1. The van der Waals surface area contributed by atoms with Gasteiger partial charge >= 0.3 is 0 Å². The van der Waals surface area contributed by atoms with Gasteiger partial charge in [0.2, 0.25) is 0 Å². The van der Waals surface area contributed by atoms with Gasteiger partial charge in [0, 0.05) is 18.0 Å². The maximum atomic E-state index is 5.88. The number of halogens is 1. The average Bonchev–Trinajstić information content (AvgIpc) is 2.75. The Labute approximate surface area is 171 Å². The molecule has 0 atom stereocenters. The normalized spacial score (nSPS) is 10.0. The van der Waals surface area contributed by atoms with Crippen molar-refractivity contribution in [2.24, 2.45) is 0 Å². The molecule has 0 unspecified atom stereocenters. The molecule has 1 heterocycles. The summed E-state index contributed by atoms with van der Waals surface area (Å²) in [5.41, 5.74) is 4.36. The van der Waals surface area contributed by atoms with Gasteiger partial charge in [-0.25, -0.2) is 0 Å². The third-order valence-corrected chi connectivity index (χ3v) is 4.36. The minimum Gasteiger partial charge on any atom is -0.496 e. The average molecular weight is 390 g/mol. The van der Waals surface area contributed by atoms with Gasteiger partial charge in [-0.1, -0.05) is 36.4 Å². The van der Waals surface area contributed by atoms with Crippen LogP contribution in [0.2, 0.25) is 0 Å². The summed E-state index contributed by atoms with van der Waals surface area (Å²) < 4.78 is 11.5. The lowest BCUT2D eigenvalue weighted by Gasteiger charge is -2.12. The van der Waals surface area contributed by atoms with Gasteiger partial charge in [-0.3, -0.25) is 4.98 Å². The number of methoxy groups -OCH3 is 1. The molecule has 1 aromatic heterocycles. The molecule has 0 N–H and O–H groups in total. The van der Waals surface area contributed by atoms with Crippen LogP contribution in [0.5, 0.6) is 17.2 Å². The Morgan fingerprint density at radius 2 is 1.29 bits per heavy atom. The minimum absolute atomic E-state index is 0. The molecule has 0 aliphatic rings. The van der Waals surface area contributed by atoms with E-state index in [1.165, 1.54) is 0 Å². The number of hydrogen-bond acceptors (Lipinski definition) is 3. The fourth-order valence-electron chi connectivity index (χ4n) is 2.98. The van der Waals surface area contributed by atoms with E-state index >= 15 is 0 Å². The second kappa shape index (κ2) is 9.07. The van der Waals surface area contributed by atoms with Crippen molar-refractivity contribution in [1.29, 1.82) is 0 Å². The molecule has 0 fully saturated rings. The predicted octanol–water partition coefficient (Wildman–Crippen LogP) is 6.64. The second-order valence-electron chi connectivity index (χ2n) is 6.09. The van der Waals surface area contributed by atoms with Crippen molar-refractivity contribution < 1.29 is 9.47 Å². The van der Waals surface area contributed by atoms with E-state index in [0.717, 1.165) is 39.5 Å². The van der Waals surface area contributed by atoms with Gasteiger partial charge in [0.05, 0.1) is 7.11 Å². The maximum absolute atomic E-state index is 5.88. The summed E-state index contributed by atoms with van der Waals surface area (Å²) in [4.78, 5) is 4.09. The molecule has 4 aromatic rings. The maximum Gasteiger partial charge on any atom is 0.127 e. The van der Waals surface area contributed by atoms with Crippen LogP contribution in [-0.4, -0.2) is 12.1 Å². The second-order valence-corrected chi connectivity index (χ2v) is 6.09. The van der Waals surface area contributed by atoms with Gasteiger partial charge in [-0.15, -0.1) is 12.4 Å². The molecule has 140 valence electrons. The molecule has 0 spiro atoms. The third-order valence-electron chi connectivity index (χ3n) is 4.36. The highest BCUT2D eigenvalue weighted by molar-refractivity contribution is 5.85. The molecule has 3 nitrogen and oxygen atoms in total. The van der Waals surface area contributed by atoms with E-state index in [2.05, 4.69) is 17.1 Å². The molecule has 0 bridgehead atoms. The Morgan fingerprint density at radius 3 is 1.96 bits per heavy atom. The van der Waals surface area contributed by atoms with Crippen LogP contribution in [-0.2, 0) is 0 Å². The van der Waals surface area contributed by atoms with E-state index in [1.807, 2.05) is 72.8 Å². The lowest BCUT2D eigenvalue weighted by molar-refractivity contribution is 0.416. The van der Waals surface area contributed by atoms with Gasteiger partial charge in [0.1, 0.15) is 17.2 Å². The molecule has 4 rings (SSSR count). The smallest absolute Gasteiger partial charge is 0.127 e. The molecule has 28 heavy (non-hydrogen) atoms. The predicted molar refractivity (Wildman–Crippen MR) is 115 cm³/mol. The summed E-state index contributed by atoms with van der Waals surface area (Å²) in [5.74, 6) is 2.46. The molecule has 3 aromatic carbocycles. The summed E-state index contributed by atoms with van der Waals surface area (Å²) in [5, 5.41) is 0. The van der Waals surface area contributed by atoms with Crippen LogP contribution in [0.4, 0.5) is 0 Å². The van der Waals surface area contributed by atoms with Gasteiger partial charge in [0.25, 0.3) is 0 Å². The number of benzene rings is 3. The largest absolute Gasteiger partial charge is 0.496 e. The van der Waals surface area contributed by atoms with Crippen molar-refractivity contribution in [1.82, 2.24) is 4.98 Å². The highest BCUT2D eigenvalue weighted by Gasteiger charge is 2.09. The number of ether oxygens (including phenoxy) is 2. The molecular weight excluding hydrogens is 370 g/mol. The number of hydrogen-bond donors (Lipinski definition) is 0. The SMILES string of the molecule is COc1ccc(-c2ccncc2)cc1-c1ccc(Oc2ccccc2)cc1.Cl. The highest BCUT2D eigenvalue weighted by Crippen LogP contribution is 2.35. The first-order valence-electron chi connectivity index (χ1n) is 8.75. The van der Waals surface area contributed by atoms with Gasteiger partial charge in [0.15, 0.2) is 0 Å². The van der Waals surface area contributed by atoms with Crippen molar-refractivity contribution in [3.8, 4) is 39.5 Å². The number of pyridine rings is 1. The Kier molecular flexibility index (Phi) is 6.30. The number of para-hydroxylation sites is 1. The molecule has 0 saturated carbocycles. The van der Waals surface area contributed by atoms with E-state index in [0.29, 0.717) is 0 Å². The standard InChI is InChI=1S/C24H19NO2.ClH/c1-26-24-12-9-20(18-13-15-25-16-14-18)17-23(24)19-7-10-22(11-8-19)27-21-5-3-2-4-6-21;/h2-17H,1H3;1H. The molecule has 0 amide bonds. The zero-order valence-corrected chi connectivity index (χ0v) is 16.2. The number of nitrogens with zero attached hydrogens (tertiary/aromatic N) is 1. The molecule has 0 aliphatic heterocycles. The van der Waals surface area contributed by atoms with Crippen LogP contribution in [0, 0.1) is 0 Å². The Bertz CT molecular complexity index is 1020. The van der Waals surface area contributed by atoms with Crippen LogP contribution in [0.3, 0.4) is 0 Å². The molecule has 0 radical (unpaired) electrons. The summed E-state index contributed by atoms with van der Waals surface area (Å²) in [6.45, 7) is 0. The minimum atomic E-state index is 0. The van der Waals surface area contributed by atoms with Crippen molar-refractivity contribution in [2.45, 2.75) is 0 Å². The summed E-state index contributed by atoms with van der Waals surface area (Å²) in [6.07, 6.45) is 3.60. The first-order chi connectivity index (χ1) is 13.3. The van der Waals surface area contributed by atoms with E-state index in [1.54, 1.807) is 19.5 Å². The van der Waals surface area contributed by atoms with E-state index < -0.39 is 0 Å². The number of rotatable bonds is 5. The fourth-order valence-corrected chi connectivity index (χ4v) is 2.98. The Hall–Kier alpha value is -3.30. The van der Waals surface area contributed by atoms with Crippen molar-refractivity contribution in [2.75, 3.05) is 7.11 Å². The zero-order chi connectivity index (χ0) is 18.5. The van der Waals surface area contributed by atoms with Crippen LogP contribution < -0.4 is 9.47 Å². The molecule has 0 aliphatic carbocycles. The Balaban J connectivity index is 0.00000225. The molecule has 0 saturated heterocycles. The topological polar surface area (TPSA) is 31.4 Å². The molecule has 4 heteroatoms. The van der Waals surface area contributed by atoms with Gasteiger partial charge in [-0.05, 0) is 65.2 Å². The van der Waals surface area contributed by atoms with Gasteiger partial charge in [-0.2, -0.15) is 0 Å². The lowest BCUT2D eigenvalue weighted by atomic mass is 9.98. The zero-order valence-electron chi connectivity index (χ0n) is 15.4. The van der Waals surface area contributed by atoms with Crippen molar-refractivity contribution in [3.05, 3.63) is 97.3 Å². The van der Waals surface area contributed by atoms with E-state index in [9.17, 15) is 0 Å². The van der Waals surface area contributed by atoms with Crippen molar-refractivity contribution in [3.63, 3.8) is 0 Å². The quantitative estimate of drug-likeness (QED) is 0.383. The Morgan fingerprint density at radius 1 is 0.643 bits per heavy atom. The van der Waals surface area contributed by atoms with Crippen LogP contribution in [0.15, 0.2) is 97.3 Å². The van der Waals surface area contributed by atoms with Crippen LogP contribution in [0.25, 0.3) is 22.3 Å². The first-order valence-corrected chi connectivity index (χ1v) is 8.75. The summed E-state index contributed by atoms with van der Waals surface area (Å²) >= 11 is 0. The first kappa shape index (κ1) is 19.5. The van der Waals surface area contributed by atoms with Crippen LogP contribution >= 0.6 is 12.4 Å². The van der Waals surface area contributed by atoms with Crippen LogP contribution in [0.1, 0.15) is 0 Å². The fraction of sp³-hybridized carbons (Fsp3) is 0.0417. The summed E-state index contributed by atoms with van der Waals surface area (Å²) in [7, 11) is 1.69. The summed E-state index contributed by atoms with van der Waals surface area (Å²) in [6, 6.07) is 28.0. The van der Waals surface area contributed by atoms with Crippen molar-refractivity contribution >= 4 is 12.4 Å². The third kappa shape index (κ3) is 4.33. The lowest BCUT2D eigenvalue weighted by Crippen LogP contribution is -1.90. The monoisotopic (exact) mass is 389 g/mol. The van der Waals surface area contributed by atoms with E-state index in [4.69, 9.17) is 9.47 Å². The molecular formula is C24H20ClNO2. The highest BCUT2D eigenvalue weighted by atomic mass is 35.5.